The summed E-state index contributed by atoms with van der Waals surface area (Å²) in [6, 6.07) is 34.6. The lowest BCUT2D eigenvalue weighted by Crippen LogP contribution is -1.90. The topological polar surface area (TPSA) is 247 Å². The van der Waals surface area contributed by atoms with E-state index in [1.807, 2.05) is 48.6 Å². The van der Waals surface area contributed by atoms with Gasteiger partial charge in [-0.1, -0.05) is 48.5 Å². The average Bonchev–Trinajstić information content (AvgIpc) is 4.11. The summed E-state index contributed by atoms with van der Waals surface area (Å²) in [5.41, 5.74) is 10.5. The molecule has 7 aromatic rings. The molecule has 20 heteroatoms. The number of nitrogens with zero attached hydrogens (tertiary/aromatic N) is 2. The van der Waals surface area contributed by atoms with Gasteiger partial charge in [-0.25, -0.2) is 23.7 Å². The zero-order valence-electron chi connectivity index (χ0n) is 32.8. The monoisotopic (exact) mass is 934 g/mol. The van der Waals surface area contributed by atoms with Crippen LogP contribution in [0.15, 0.2) is 121 Å². The molecule has 2 aliphatic heterocycles. The molecular formula is C44H34N4O12P4. The van der Waals surface area contributed by atoms with Crippen LogP contribution in [0.5, 0.6) is 23.0 Å². The Hall–Kier alpha value is -6.40. The van der Waals surface area contributed by atoms with E-state index in [1.165, 1.54) is 0 Å². The van der Waals surface area contributed by atoms with E-state index in [0.717, 1.165) is 0 Å². The van der Waals surface area contributed by atoms with Gasteiger partial charge in [-0.15, -0.1) is 0 Å². The van der Waals surface area contributed by atoms with Crippen molar-refractivity contribution < 1.29 is 56.3 Å². The standard InChI is InChI=1S/C44H34N4O12P4/c49-61(50)57-29-9-1-25(2-10-29)41-33-17-19-35(45-33)42(26-3-11-30(12-4-26)58-62(51)52)37-21-23-39(47-37)44(28-7-15-32(16-8-28)60-64(55)56)40-24-22-38(48-40)43(36-20-18-34(41)46-36)27-5-13-31(14-6-27)59-63(53)54/h1-24,45,48-50,62-64H,(H,51,52)(H,53,54)(H,55,56). The molecule has 3 unspecified atom stereocenters. The van der Waals surface area contributed by atoms with Crippen molar-refractivity contribution in [3.05, 3.63) is 144 Å². The Labute approximate surface area is 366 Å². The molecule has 8 bridgehead atoms. The van der Waals surface area contributed by atoms with Gasteiger partial charge in [0.25, 0.3) is 0 Å². The van der Waals surface area contributed by atoms with E-state index in [2.05, 4.69) is 9.97 Å². The van der Waals surface area contributed by atoms with Gasteiger partial charge in [0.1, 0.15) is 23.0 Å². The molecule has 0 spiro atoms. The minimum Gasteiger partial charge on any atom is -0.427 e. The predicted octanol–water partition coefficient (Wildman–Crippen LogP) is 10.2. The van der Waals surface area contributed by atoms with Crippen LogP contribution in [-0.4, -0.2) is 44.4 Å². The summed E-state index contributed by atoms with van der Waals surface area (Å²) in [5, 5.41) is 0. The SMILES string of the molecule is O=[PH](O)Oc1ccc(-c2c3nc(c(-c4ccc(O[PH](=O)O)cc4)c4ccc([nH]4)c(-c4ccc(O[PH](=O)O)cc4)c4nc(c(-c5ccc(OP(O)O)cc5)c5ccc2[nH]5)C=C4)C=C3)cc1. The molecule has 16 nitrogen and oxygen atoms in total. The third-order valence-corrected chi connectivity index (χ3v) is 11.7. The molecule has 5 heterocycles. The van der Waals surface area contributed by atoms with E-state index in [4.69, 9.17) is 28.1 Å². The molecule has 0 amide bonds. The van der Waals surface area contributed by atoms with Crippen LogP contribution in [0.25, 0.3) is 90.9 Å². The van der Waals surface area contributed by atoms with Crippen LogP contribution < -0.4 is 18.1 Å². The molecule has 0 saturated heterocycles. The fourth-order valence-electron chi connectivity index (χ4n) is 7.57. The highest BCUT2D eigenvalue weighted by atomic mass is 31.2. The van der Waals surface area contributed by atoms with Gasteiger partial charge in [0.2, 0.25) is 0 Å². The number of aromatic nitrogens is 4. The number of hydrogen-bond acceptors (Lipinski definition) is 11. The van der Waals surface area contributed by atoms with Gasteiger partial charge in [0.05, 0.1) is 22.8 Å². The molecule has 0 aliphatic carbocycles. The van der Waals surface area contributed by atoms with E-state index < -0.39 is 33.4 Å². The second kappa shape index (κ2) is 18.4. The number of rotatable bonds is 12. The lowest BCUT2D eigenvalue weighted by molar-refractivity contribution is 0.375. The third-order valence-electron chi connectivity index (χ3n) is 10.1. The van der Waals surface area contributed by atoms with Crippen molar-refractivity contribution in [3.63, 3.8) is 0 Å². The highest BCUT2D eigenvalue weighted by Gasteiger charge is 2.20. The van der Waals surface area contributed by atoms with E-state index in [0.29, 0.717) is 89.4 Å². The van der Waals surface area contributed by atoms with Crippen LogP contribution in [-0.2, 0) is 13.7 Å². The highest BCUT2D eigenvalue weighted by molar-refractivity contribution is 7.39. The quantitative estimate of drug-likeness (QED) is 0.0564. The fraction of sp³-hybridized carbons (Fsp3) is 0. The fourth-order valence-corrected chi connectivity index (χ4v) is 8.89. The van der Waals surface area contributed by atoms with E-state index >= 15 is 0 Å². The van der Waals surface area contributed by atoms with E-state index in [1.54, 1.807) is 97.1 Å². The zero-order chi connectivity index (χ0) is 44.5. The molecule has 64 heavy (non-hydrogen) atoms. The second-order valence-electron chi connectivity index (χ2n) is 14.0. The lowest BCUT2D eigenvalue weighted by atomic mass is 10.0. The first-order valence-electron chi connectivity index (χ1n) is 19.1. The average molecular weight is 935 g/mol. The minimum absolute atomic E-state index is 0.210. The number of H-pyrrole nitrogens is 2. The van der Waals surface area contributed by atoms with Crippen LogP contribution >= 0.6 is 33.4 Å². The highest BCUT2D eigenvalue weighted by Crippen LogP contribution is 2.41. The first kappa shape index (κ1) is 42.9. The Morgan fingerprint density at radius 3 is 0.875 bits per heavy atom. The van der Waals surface area contributed by atoms with Gasteiger partial charge in [-0.3, -0.25) is 0 Å². The van der Waals surface area contributed by atoms with Crippen molar-refractivity contribution in [2.75, 3.05) is 0 Å². The Bertz CT molecular complexity index is 3170. The Morgan fingerprint density at radius 2 is 0.641 bits per heavy atom. The summed E-state index contributed by atoms with van der Waals surface area (Å²) in [5.74, 6) is 0.887. The summed E-state index contributed by atoms with van der Waals surface area (Å²) in [4.78, 5) is 65.0. The summed E-state index contributed by atoms with van der Waals surface area (Å²) < 4.78 is 55.0. The van der Waals surface area contributed by atoms with Gasteiger partial charge in [-0.05, 0) is 119 Å². The first-order valence-corrected chi connectivity index (χ1v) is 24.1. The van der Waals surface area contributed by atoms with Crippen molar-refractivity contribution in [1.82, 2.24) is 19.9 Å². The number of nitrogens with one attached hydrogen (secondary N) is 2. The van der Waals surface area contributed by atoms with Crippen molar-refractivity contribution in [1.29, 1.82) is 0 Å². The van der Waals surface area contributed by atoms with E-state index in [-0.39, 0.29) is 23.0 Å². The van der Waals surface area contributed by atoms with Crippen molar-refractivity contribution >= 4 is 79.7 Å². The molecular weight excluding hydrogens is 900 g/mol. The lowest BCUT2D eigenvalue weighted by Gasteiger charge is -2.09. The van der Waals surface area contributed by atoms with Gasteiger partial charge >= 0.3 is 33.4 Å². The maximum absolute atomic E-state index is 11.5. The molecule has 7 N–H and O–H groups in total. The predicted molar refractivity (Wildman–Crippen MR) is 248 cm³/mol. The number of fused-ring (bicyclic) bond motifs is 8. The molecule has 2 aliphatic rings. The van der Waals surface area contributed by atoms with Crippen molar-refractivity contribution in [2.45, 2.75) is 0 Å². The van der Waals surface area contributed by atoms with Crippen molar-refractivity contribution in [3.8, 4) is 67.5 Å². The number of benzene rings is 4. The Morgan fingerprint density at radius 1 is 0.391 bits per heavy atom. The van der Waals surface area contributed by atoms with Crippen LogP contribution in [0.3, 0.4) is 0 Å². The number of hydrogen-bond donors (Lipinski definition) is 7. The summed E-state index contributed by atoms with van der Waals surface area (Å²) in [7, 11) is -12.4. The smallest absolute Gasteiger partial charge is 0.391 e. The third kappa shape index (κ3) is 9.29. The van der Waals surface area contributed by atoms with Crippen LogP contribution in [0.2, 0.25) is 0 Å². The largest absolute Gasteiger partial charge is 0.427 e. The van der Waals surface area contributed by atoms with Crippen molar-refractivity contribution in [2.24, 2.45) is 0 Å². The first-order chi connectivity index (χ1) is 30.9. The Balaban J connectivity index is 1.38. The van der Waals surface area contributed by atoms with Gasteiger partial charge < -0.3 is 52.5 Å². The molecule has 3 aromatic heterocycles. The van der Waals surface area contributed by atoms with E-state index in [9.17, 15) is 38.2 Å². The van der Waals surface area contributed by atoms with Gasteiger partial charge in [0, 0.05) is 44.3 Å². The summed E-state index contributed by atoms with van der Waals surface area (Å²) in [6.07, 6.45) is 7.53. The molecule has 9 rings (SSSR count). The molecule has 0 fully saturated rings. The maximum atomic E-state index is 11.5. The van der Waals surface area contributed by atoms with Crippen LogP contribution in [0.1, 0.15) is 22.8 Å². The summed E-state index contributed by atoms with van der Waals surface area (Å²) >= 11 is 0. The van der Waals surface area contributed by atoms with Crippen LogP contribution in [0, 0.1) is 0 Å². The second-order valence-corrected chi connectivity index (χ2v) is 16.9. The normalized spacial score (nSPS) is 13.4. The minimum atomic E-state index is -3.25. The maximum Gasteiger partial charge on any atom is 0.391 e. The van der Waals surface area contributed by atoms with Gasteiger partial charge in [0.15, 0.2) is 0 Å². The molecule has 322 valence electrons. The molecule has 4 aromatic carbocycles. The number of aromatic amines is 2. The summed E-state index contributed by atoms with van der Waals surface area (Å²) in [6.45, 7) is 0. The zero-order valence-corrected chi connectivity index (χ0v) is 36.7. The van der Waals surface area contributed by atoms with Crippen LogP contribution in [0.4, 0.5) is 0 Å². The Kier molecular flexibility index (Phi) is 12.3. The molecule has 3 atom stereocenters. The molecule has 0 radical (unpaired) electrons. The molecule has 0 saturated carbocycles. The van der Waals surface area contributed by atoms with Gasteiger partial charge in [-0.2, -0.15) is 0 Å².